The summed E-state index contributed by atoms with van der Waals surface area (Å²) in [4.78, 5) is 22.9. The molecule has 0 radical (unpaired) electrons. The number of aromatic nitrogens is 2. The van der Waals surface area contributed by atoms with Crippen molar-refractivity contribution >= 4 is 29.2 Å². The molecular formula is C12H11ClN4O3. The molecule has 1 aromatic carbocycles. The largest absolute Gasteiger partial charge is 0.464 e. The summed E-state index contributed by atoms with van der Waals surface area (Å²) in [6.07, 6.45) is 1.39. The van der Waals surface area contributed by atoms with E-state index in [0.29, 0.717) is 10.7 Å². The molecule has 0 saturated carbocycles. The van der Waals surface area contributed by atoms with Crippen molar-refractivity contribution in [2.24, 2.45) is 5.73 Å². The smallest absolute Gasteiger partial charge is 0.360 e. The second-order valence-corrected chi connectivity index (χ2v) is 4.33. The van der Waals surface area contributed by atoms with Gasteiger partial charge in [0, 0.05) is 5.02 Å². The van der Waals surface area contributed by atoms with Crippen LogP contribution in [0, 0.1) is 0 Å². The van der Waals surface area contributed by atoms with Gasteiger partial charge in [0.2, 0.25) is 0 Å². The normalized spacial score (nSPS) is 10.3. The van der Waals surface area contributed by atoms with Crippen molar-refractivity contribution in [1.29, 1.82) is 0 Å². The van der Waals surface area contributed by atoms with Crippen LogP contribution in [0.4, 0.5) is 5.69 Å². The number of carbonyl (C=O) groups is 2. The van der Waals surface area contributed by atoms with Gasteiger partial charge >= 0.3 is 5.97 Å². The summed E-state index contributed by atoms with van der Waals surface area (Å²) in [5.41, 5.74) is 11.6. The Morgan fingerprint density at radius 2 is 2.10 bits per heavy atom. The van der Waals surface area contributed by atoms with Crippen LogP contribution in [0.5, 0.6) is 0 Å². The van der Waals surface area contributed by atoms with Crippen molar-refractivity contribution in [3.05, 3.63) is 40.7 Å². The first kappa shape index (κ1) is 13.9. The molecule has 0 aliphatic carbocycles. The van der Waals surface area contributed by atoms with Gasteiger partial charge in [0.05, 0.1) is 30.2 Å². The van der Waals surface area contributed by atoms with Crippen LogP contribution in [0.1, 0.15) is 20.8 Å². The van der Waals surface area contributed by atoms with Crippen LogP contribution in [0.15, 0.2) is 24.4 Å². The molecule has 104 valence electrons. The first-order valence-electron chi connectivity index (χ1n) is 5.47. The lowest BCUT2D eigenvalue weighted by atomic mass is 10.1. The first-order valence-corrected chi connectivity index (χ1v) is 5.85. The number of esters is 1. The average Bonchev–Trinajstić information content (AvgIpc) is 2.79. The SMILES string of the molecule is COC(=O)c1nn(-c2ccc(Cl)cc2C(N)=O)cc1N. The van der Waals surface area contributed by atoms with Crippen molar-refractivity contribution in [2.45, 2.75) is 0 Å². The number of methoxy groups -OCH3 is 1. The molecule has 7 nitrogen and oxygen atoms in total. The first-order chi connectivity index (χ1) is 9.43. The van der Waals surface area contributed by atoms with Gasteiger partial charge in [-0.2, -0.15) is 5.10 Å². The number of carbonyl (C=O) groups excluding carboxylic acids is 2. The Morgan fingerprint density at radius 3 is 2.70 bits per heavy atom. The van der Waals surface area contributed by atoms with Gasteiger partial charge in [-0.15, -0.1) is 0 Å². The number of ether oxygens (including phenoxy) is 1. The van der Waals surface area contributed by atoms with Gasteiger partial charge in [-0.25, -0.2) is 9.48 Å². The van der Waals surface area contributed by atoms with E-state index in [0.717, 1.165) is 0 Å². The molecule has 0 unspecified atom stereocenters. The number of amides is 1. The highest BCUT2D eigenvalue weighted by molar-refractivity contribution is 6.31. The molecule has 0 atom stereocenters. The van der Waals surface area contributed by atoms with Gasteiger partial charge in [0.1, 0.15) is 0 Å². The summed E-state index contributed by atoms with van der Waals surface area (Å²) >= 11 is 5.82. The zero-order valence-corrected chi connectivity index (χ0v) is 11.2. The fraction of sp³-hybridized carbons (Fsp3) is 0.0833. The lowest BCUT2D eigenvalue weighted by molar-refractivity contribution is 0.0594. The van der Waals surface area contributed by atoms with E-state index in [1.807, 2.05) is 0 Å². The molecule has 8 heteroatoms. The van der Waals surface area contributed by atoms with Crippen LogP contribution in [0.2, 0.25) is 5.02 Å². The number of hydrogen-bond acceptors (Lipinski definition) is 5. The van der Waals surface area contributed by atoms with Crippen LogP contribution < -0.4 is 11.5 Å². The number of benzene rings is 1. The fourth-order valence-corrected chi connectivity index (χ4v) is 1.84. The van der Waals surface area contributed by atoms with Crippen LogP contribution in [-0.2, 0) is 4.74 Å². The molecule has 0 aliphatic heterocycles. The highest BCUT2D eigenvalue weighted by Crippen LogP contribution is 2.21. The summed E-state index contributed by atoms with van der Waals surface area (Å²) in [7, 11) is 1.22. The van der Waals surface area contributed by atoms with Gasteiger partial charge in [-0.3, -0.25) is 4.79 Å². The number of primary amides is 1. The summed E-state index contributed by atoms with van der Waals surface area (Å²) in [6, 6.07) is 4.53. The number of anilines is 1. The van der Waals surface area contributed by atoms with Gasteiger partial charge < -0.3 is 16.2 Å². The third-order valence-electron chi connectivity index (χ3n) is 2.59. The molecule has 2 aromatic rings. The molecule has 0 fully saturated rings. The van der Waals surface area contributed by atoms with E-state index >= 15 is 0 Å². The standard InChI is InChI=1S/C12H11ClN4O3/c1-20-12(19)10-8(14)5-17(16-10)9-3-2-6(13)4-7(9)11(15)18/h2-5H,14H2,1H3,(H2,15,18). The number of rotatable bonds is 3. The highest BCUT2D eigenvalue weighted by atomic mass is 35.5. The Kier molecular flexibility index (Phi) is 3.62. The second-order valence-electron chi connectivity index (χ2n) is 3.89. The molecule has 0 saturated heterocycles. The number of hydrogen-bond donors (Lipinski definition) is 2. The van der Waals surface area contributed by atoms with Gasteiger partial charge in [-0.1, -0.05) is 11.6 Å². The molecule has 0 bridgehead atoms. The van der Waals surface area contributed by atoms with E-state index in [1.165, 1.54) is 24.1 Å². The minimum atomic E-state index is -0.671. The van der Waals surface area contributed by atoms with E-state index in [1.54, 1.807) is 12.1 Å². The predicted molar refractivity (Wildman–Crippen MR) is 72.8 cm³/mol. The molecule has 0 aliphatic rings. The Labute approximate surface area is 119 Å². The zero-order valence-electron chi connectivity index (χ0n) is 10.5. The molecule has 1 aromatic heterocycles. The summed E-state index contributed by atoms with van der Waals surface area (Å²) in [5.74, 6) is -1.34. The molecule has 4 N–H and O–H groups in total. The Morgan fingerprint density at radius 1 is 1.40 bits per heavy atom. The van der Waals surface area contributed by atoms with E-state index in [9.17, 15) is 9.59 Å². The lowest BCUT2D eigenvalue weighted by Crippen LogP contribution is -2.15. The molecule has 1 amide bonds. The minimum absolute atomic E-state index is 0.0436. The Hall–Kier alpha value is -2.54. The van der Waals surface area contributed by atoms with Crippen molar-refractivity contribution in [1.82, 2.24) is 9.78 Å². The highest BCUT2D eigenvalue weighted by Gasteiger charge is 2.18. The second kappa shape index (κ2) is 5.22. The van der Waals surface area contributed by atoms with Gasteiger partial charge in [0.15, 0.2) is 5.69 Å². The number of nitrogen functional groups attached to an aromatic ring is 1. The van der Waals surface area contributed by atoms with Crippen molar-refractivity contribution < 1.29 is 14.3 Å². The van der Waals surface area contributed by atoms with Crippen molar-refractivity contribution in [2.75, 3.05) is 12.8 Å². The quantitative estimate of drug-likeness (QED) is 0.820. The van der Waals surface area contributed by atoms with E-state index in [4.69, 9.17) is 23.1 Å². The summed E-state index contributed by atoms with van der Waals surface area (Å²) < 4.78 is 5.83. The predicted octanol–water partition coefficient (Wildman–Crippen LogP) is 0.993. The Bertz CT molecular complexity index is 696. The molecular weight excluding hydrogens is 284 g/mol. The molecule has 2 rings (SSSR count). The monoisotopic (exact) mass is 294 g/mol. The van der Waals surface area contributed by atoms with Crippen LogP contribution in [0.25, 0.3) is 5.69 Å². The van der Waals surface area contributed by atoms with Crippen LogP contribution >= 0.6 is 11.6 Å². The topological polar surface area (TPSA) is 113 Å². The van der Waals surface area contributed by atoms with E-state index < -0.39 is 11.9 Å². The van der Waals surface area contributed by atoms with Crippen LogP contribution in [0.3, 0.4) is 0 Å². The third kappa shape index (κ3) is 2.43. The lowest BCUT2D eigenvalue weighted by Gasteiger charge is -2.06. The maximum absolute atomic E-state index is 11.5. The number of halogens is 1. The van der Waals surface area contributed by atoms with Gasteiger partial charge in [0.25, 0.3) is 5.91 Å². The van der Waals surface area contributed by atoms with Crippen LogP contribution in [-0.4, -0.2) is 28.8 Å². The van der Waals surface area contributed by atoms with Crippen molar-refractivity contribution in [3.8, 4) is 5.69 Å². The molecule has 0 spiro atoms. The summed E-state index contributed by atoms with van der Waals surface area (Å²) in [6.45, 7) is 0. The maximum Gasteiger partial charge on any atom is 0.360 e. The minimum Gasteiger partial charge on any atom is -0.464 e. The zero-order chi connectivity index (χ0) is 14.9. The van der Waals surface area contributed by atoms with E-state index in [2.05, 4.69) is 9.84 Å². The molecule has 1 heterocycles. The average molecular weight is 295 g/mol. The maximum atomic E-state index is 11.5. The van der Waals surface area contributed by atoms with Gasteiger partial charge in [-0.05, 0) is 18.2 Å². The third-order valence-corrected chi connectivity index (χ3v) is 2.83. The molecule has 20 heavy (non-hydrogen) atoms. The summed E-state index contributed by atoms with van der Waals surface area (Å²) in [5, 5.41) is 4.35. The van der Waals surface area contributed by atoms with E-state index in [-0.39, 0.29) is 16.9 Å². The number of nitrogens with zero attached hydrogens (tertiary/aromatic N) is 2. The van der Waals surface area contributed by atoms with Crippen molar-refractivity contribution in [3.63, 3.8) is 0 Å². The number of nitrogens with two attached hydrogens (primary N) is 2. The Balaban J connectivity index is 2.58. The fourth-order valence-electron chi connectivity index (χ4n) is 1.67.